The smallest absolute Gasteiger partial charge is 0.209 e. The molecule has 0 aliphatic carbocycles. The van der Waals surface area contributed by atoms with Crippen LogP contribution in [-0.4, -0.2) is 36.7 Å². The summed E-state index contributed by atoms with van der Waals surface area (Å²) in [5.74, 6) is 3.16. The van der Waals surface area contributed by atoms with Crippen LogP contribution in [0.1, 0.15) is 12.1 Å². The summed E-state index contributed by atoms with van der Waals surface area (Å²) in [6.45, 7) is 0. The van der Waals surface area contributed by atoms with E-state index in [1.54, 1.807) is 16.4 Å². The highest BCUT2D eigenvalue weighted by atomic mass is 32.2. The second kappa shape index (κ2) is 7.38. The minimum absolute atomic E-state index is 0.879. The molecule has 0 amide bonds. The number of hydrogen-bond donors (Lipinski definition) is 0. The second-order valence-corrected chi connectivity index (χ2v) is 5.83. The summed E-state index contributed by atoms with van der Waals surface area (Å²) in [5, 5.41) is 12.2. The van der Waals surface area contributed by atoms with Gasteiger partial charge in [-0.25, -0.2) is 4.68 Å². The normalized spacial score (nSPS) is 10.7. The maximum absolute atomic E-state index is 4.29. The lowest BCUT2D eigenvalue weighted by Crippen LogP contribution is -1.94. The molecule has 2 heterocycles. The molecule has 0 aromatic carbocycles. The third kappa shape index (κ3) is 4.30. The average Bonchev–Trinajstić information content (AvgIpc) is 2.81. The average molecular weight is 281 g/mol. The van der Waals surface area contributed by atoms with Gasteiger partial charge in [-0.15, -0.1) is 5.10 Å². The predicted molar refractivity (Wildman–Crippen MR) is 74.5 cm³/mol. The fourth-order valence-corrected chi connectivity index (χ4v) is 3.17. The summed E-state index contributed by atoms with van der Waals surface area (Å²) in [4.78, 5) is 4.29. The molecule has 0 saturated carbocycles. The maximum Gasteiger partial charge on any atom is 0.209 e. The molecule has 0 aliphatic heterocycles. The molecule has 0 aliphatic rings. The molecular formula is C11H15N5S2. The van der Waals surface area contributed by atoms with Gasteiger partial charge in [0.2, 0.25) is 5.16 Å². The molecule has 0 saturated heterocycles. The van der Waals surface area contributed by atoms with Gasteiger partial charge in [-0.1, -0.05) is 17.8 Å². The van der Waals surface area contributed by atoms with Crippen molar-refractivity contribution in [1.82, 2.24) is 25.2 Å². The van der Waals surface area contributed by atoms with Gasteiger partial charge in [0.1, 0.15) is 0 Å². The van der Waals surface area contributed by atoms with Gasteiger partial charge in [-0.2, -0.15) is 11.8 Å². The van der Waals surface area contributed by atoms with Crippen LogP contribution >= 0.6 is 23.5 Å². The summed E-state index contributed by atoms with van der Waals surface area (Å²) in [5.41, 5.74) is 1.15. The van der Waals surface area contributed by atoms with Gasteiger partial charge < -0.3 is 0 Å². The van der Waals surface area contributed by atoms with Crippen molar-refractivity contribution in [3.8, 4) is 0 Å². The van der Waals surface area contributed by atoms with E-state index in [4.69, 9.17) is 0 Å². The molecule has 0 spiro atoms. The standard InChI is InChI=1S/C11H15N5S2/c1-16-11(13-14-15-16)18-8-4-7-17-9-10-5-2-3-6-12-10/h2-3,5-6H,4,7-9H2,1H3. The van der Waals surface area contributed by atoms with Gasteiger partial charge in [0.15, 0.2) is 0 Å². The lowest BCUT2D eigenvalue weighted by molar-refractivity contribution is 0.664. The molecule has 0 unspecified atom stereocenters. The molecule has 2 aromatic rings. The van der Waals surface area contributed by atoms with E-state index in [1.807, 2.05) is 37.1 Å². The molecular weight excluding hydrogens is 266 g/mol. The number of nitrogens with zero attached hydrogens (tertiary/aromatic N) is 5. The zero-order valence-electron chi connectivity index (χ0n) is 10.2. The Balaban J connectivity index is 1.56. The van der Waals surface area contributed by atoms with E-state index in [0.29, 0.717) is 0 Å². The lowest BCUT2D eigenvalue weighted by atomic mass is 10.4. The minimum atomic E-state index is 0.879. The lowest BCUT2D eigenvalue weighted by Gasteiger charge is -2.01. The van der Waals surface area contributed by atoms with Gasteiger partial charge >= 0.3 is 0 Å². The first-order valence-electron chi connectivity index (χ1n) is 5.69. The van der Waals surface area contributed by atoms with Crippen LogP contribution < -0.4 is 0 Å². The first kappa shape index (κ1) is 13.4. The third-order valence-electron chi connectivity index (χ3n) is 2.22. The summed E-state index contributed by atoms with van der Waals surface area (Å²) < 4.78 is 1.70. The van der Waals surface area contributed by atoms with Crippen molar-refractivity contribution in [2.75, 3.05) is 11.5 Å². The van der Waals surface area contributed by atoms with E-state index in [0.717, 1.165) is 34.5 Å². The molecule has 0 N–H and O–H groups in total. The number of hydrogen-bond acceptors (Lipinski definition) is 6. The summed E-state index contributed by atoms with van der Waals surface area (Å²) in [6.07, 6.45) is 2.99. The van der Waals surface area contributed by atoms with Crippen molar-refractivity contribution in [3.05, 3.63) is 30.1 Å². The highest BCUT2D eigenvalue weighted by Crippen LogP contribution is 2.16. The van der Waals surface area contributed by atoms with Gasteiger partial charge in [0, 0.05) is 24.8 Å². The fraction of sp³-hybridized carbons (Fsp3) is 0.455. The van der Waals surface area contributed by atoms with Crippen LogP contribution in [0, 0.1) is 0 Å². The molecule has 5 nitrogen and oxygen atoms in total. The molecule has 7 heteroatoms. The molecule has 18 heavy (non-hydrogen) atoms. The topological polar surface area (TPSA) is 56.5 Å². The van der Waals surface area contributed by atoms with Crippen LogP contribution in [0.15, 0.2) is 29.6 Å². The van der Waals surface area contributed by atoms with E-state index in [2.05, 4.69) is 26.6 Å². The Hall–Kier alpha value is -1.08. The number of aromatic nitrogens is 5. The van der Waals surface area contributed by atoms with Crippen LogP contribution in [0.3, 0.4) is 0 Å². The molecule has 0 bridgehead atoms. The van der Waals surface area contributed by atoms with Crippen molar-refractivity contribution in [2.24, 2.45) is 7.05 Å². The van der Waals surface area contributed by atoms with Gasteiger partial charge in [-0.05, 0) is 34.7 Å². The van der Waals surface area contributed by atoms with Gasteiger partial charge in [-0.3, -0.25) is 4.98 Å². The highest BCUT2D eigenvalue weighted by molar-refractivity contribution is 7.99. The SMILES string of the molecule is Cn1nnnc1SCCCSCc1ccccn1. The Kier molecular flexibility index (Phi) is 5.47. The van der Waals surface area contributed by atoms with Crippen molar-refractivity contribution in [3.63, 3.8) is 0 Å². The number of thioether (sulfide) groups is 2. The third-order valence-corrected chi connectivity index (χ3v) is 4.40. The molecule has 0 atom stereocenters. The van der Waals surface area contributed by atoms with Crippen LogP contribution in [0.2, 0.25) is 0 Å². The predicted octanol–water partition coefficient (Wildman–Crippen LogP) is 2.02. The highest BCUT2D eigenvalue weighted by Gasteiger charge is 2.01. The fourth-order valence-electron chi connectivity index (χ4n) is 1.33. The zero-order valence-corrected chi connectivity index (χ0v) is 11.8. The monoisotopic (exact) mass is 281 g/mol. The molecule has 2 rings (SSSR count). The molecule has 96 valence electrons. The van der Waals surface area contributed by atoms with E-state index < -0.39 is 0 Å². The van der Waals surface area contributed by atoms with Gasteiger partial charge in [0.05, 0.1) is 5.69 Å². The Morgan fingerprint density at radius 3 is 2.94 bits per heavy atom. The van der Waals surface area contributed by atoms with Crippen molar-refractivity contribution in [2.45, 2.75) is 17.3 Å². The summed E-state index contributed by atoms with van der Waals surface area (Å²) in [7, 11) is 1.86. The molecule has 2 aromatic heterocycles. The summed E-state index contributed by atoms with van der Waals surface area (Å²) >= 11 is 3.61. The van der Waals surface area contributed by atoms with Gasteiger partial charge in [0.25, 0.3) is 0 Å². The maximum atomic E-state index is 4.29. The van der Waals surface area contributed by atoms with Crippen molar-refractivity contribution >= 4 is 23.5 Å². The van der Waals surface area contributed by atoms with Crippen LogP contribution in [-0.2, 0) is 12.8 Å². The van der Waals surface area contributed by atoms with Crippen molar-refractivity contribution in [1.29, 1.82) is 0 Å². The molecule has 0 fully saturated rings. The van der Waals surface area contributed by atoms with Crippen LogP contribution in [0.4, 0.5) is 0 Å². The quantitative estimate of drug-likeness (QED) is 0.571. The van der Waals surface area contributed by atoms with Crippen LogP contribution in [0.5, 0.6) is 0 Å². The Bertz CT molecular complexity index is 459. The van der Waals surface area contributed by atoms with E-state index in [-0.39, 0.29) is 0 Å². The number of aryl methyl sites for hydroxylation is 1. The Labute approximate surface area is 115 Å². The molecule has 0 radical (unpaired) electrons. The second-order valence-electron chi connectivity index (χ2n) is 3.66. The number of tetrazole rings is 1. The minimum Gasteiger partial charge on any atom is -0.260 e. The summed E-state index contributed by atoms with van der Waals surface area (Å²) in [6, 6.07) is 6.03. The largest absolute Gasteiger partial charge is 0.260 e. The Morgan fingerprint density at radius 2 is 2.22 bits per heavy atom. The first-order chi connectivity index (χ1) is 8.86. The number of rotatable bonds is 7. The number of pyridine rings is 1. The van der Waals surface area contributed by atoms with E-state index in [9.17, 15) is 0 Å². The van der Waals surface area contributed by atoms with Crippen molar-refractivity contribution < 1.29 is 0 Å². The zero-order chi connectivity index (χ0) is 12.6. The van der Waals surface area contributed by atoms with E-state index >= 15 is 0 Å². The van der Waals surface area contributed by atoms with E-state index in [1.165, 1.54) is 0 Å². The Morgan fingerprint density at radius 1 is 1.28 bits per heavy atom. The first-order valence-corrected chi connectivity index (χ1v) is 7.83. The van der Waals surface area contributed by atoms with Crippen LogP contribution in [0.25, 0.3) is 0 Å².